The zero-order chi connectivity index (χ0) is 18.5. The first kappa shape index (κ1) is 16.1. The highest BCUT2D eigenvalue weighted by Crippen LogP contribution is 2.27. The maximum absolute atomic E-state index is 13.0. The normalized spacial score (nSPS) is 17.3. The van der Waals surface area contributed by atoms with Crippen LogP contribution in [-0.4, -0.2) is 43.2 Å². The van der Waals surface area contributed by atoms with Gasteiger partial charge in [-0.25, -0.2) is 4.98 Å². The quantitative estimate of drug-likeness (QED) is 0.552. The van der Waals surface area contributed by atoms with E-state index < -0.39 is 0 Å². The van der Waals surface area contributed by atoms with Crippen LogP contribution in [0, 0.1) is 6.92 Å². The molecule has 0 saturated carbocycles. The molecule has 5 rings (SSSR count). The van der Waals surface area contributed by atoms with Crippen LogP contribution in [0.4, 0.5) is 0 Å². The van der Waals surface area contributed by atoms with Crippen LogP contribution in [0.2, 0.25) is 0 Å². The Morgan fingerprint density at radius 3 is 2.89 bits per heavy atom. The Labute approximate surface area is 157 Å². The predicted molar refractivity (Wildman–Crippen MR) is 105 cm³/mol. The van der Waals surface area contributed by atoms with Gasteiger partial charge in [0, 0.05) is 31.1 Å². The third-order valence-electron chi connectivity index (χ3n) is 5.65. The molecule has 0 spiro atoms. The van der Waals surface area contributed by atoms with Gasteiger partial charge in [-0.3, -0.25) is 9.48 Å². The Morgan fingerprint density at radius 1 is 1.15 bits per heavy atom. The van der Waals surface area contributed by atoms with Crippen LogP contribution >= 0.6 is 0 Å². The first-order valence-corrected chi connectivity index (χ1v) is 9.26. The predicted octanol–water partition coefficient (Wildman–Crippen LogP) is 3.32. The lowest BCUT2D eigenvalue weighted by Gasteiger charge is -2.17. The number of fused-ring (bicyclic) bond motifs is 2. The monoisotopic (exact) mass is 359 g/mol. The summed E-state index contributed by atoms with van der Waals surface area (Å²) in [6, 6.07) is 14.2. The number of imidazole rings is 1. The number of hydrogen-bond donors (Lipinski definition) is 0. The van der Waals surface area contributed by atoms with Crippen molar-refractivity contribution in [2.24, 2.45) is 7.05 Å². The van der Waals surface area contributed by atoms with Crippen LogP contribution in [-0.2, 0) is 7.05 Å². The molecule has 2 aromatic heterocycles. The van der Waals surface area contributed by atoms with E-state index in [1.54, 1.807) is 0 Å². The van der Waals surface area contributed by atoms with Crippen molar-refractivity contribution in [3.63, 3.8) is 0 Å². The minimum absolute atomic E-state index is 0.0687. The van der Waals surface area contributed by atoms with E-state index in [1.807, 2.05) is 60.0 Å². The number of aromatic nitrogens is 4. The maximum Gasteiger partial charge on any atom is 0.254 e. The second-order valence-corrected chi connectivity index (χ2v) is 7.26. The van der Waals surface area contributed by atoms with E-state index in [9.17, 15) is 4.79 Å². The lowest BCUT2D eigenvalue weighted by molar-refractivity contribution is 0.0787. The number of aryl methyl sites for hydroxylation is 2. The number of benzene rings is 2. The summed E-state index contributed by atoms with van der Waals surface area (Å²) < 4.78 is 4.10. The highest BCUT2D eigenvalue weighted by Gasteiger charge is 2.29. The molecule has 2 aromatic carbocycles. The summed E-state index contributed by atoms with van der Waals surface area (Å²) in [7, 11) is 1.99. The van der Waals surface area contributed by atoms with Gasteiger partial charge in [-0.2, -0.15) is 5.10 Å². The Balaban J connectivity index is 1.40. The van der Waals surface area contributed by atoms with Gasteiger partial charge < -0.3 is 9.47 Å². The summed E-state index contributed by atoms with van der Waals surface area (Å²) in [4.78, 5) is 19.5. The molecule has 0 unspecified atom stereocenters. The molecule has 0 aliphatic carbocycles. The standard InChI is InChI=1S/C21H21N5O/c1-14-23-18-11-15(7-8-20(18)24(14)2)21(27)25-10-9-17(13-25)26-19-6-4-3-5-16(19)12-22-26/h3-8,11-12,17H,9-10,13H2,1-2H3/t17-/m0/s1. The van der Waals surface area contributed by atoms with Gasteiger partial charge >= 0.3 is 0 Å². The van der Waals surface area contributed by atoms with E-state index in [2.05, 4.69) is 26.9 Å². The zero-order valence-corrected chi connectivity index (χ0v) is 15.5. The van der Waals surface area contributed by atoms with Crippen LogP contribution in [0.3, 0.4) is 0 Å². The molecule has 1 aliphatic heterocycles. The molecular formula is C21H21N5O. The molecule has 1 amide bonds. The maximum atomic E-state index is 13.0. The van der Waals surface area contributed by atoms with Gasteiger partial charge in [-0.1, -0.05) is 18.2 Å². The first-order chi connectivity index (χ1) is 13.1. The summed E-state index contributed by atoms with van der Waals surface area (Å²) >= 11 is 0. The fraction of sp³-hybridized carbons (Fsp3) is 0.286. The molecule has 136 valence electrons. The summed E-state index contributed by atoms with van der Waals surface area (Å²) in [5.74, 6) is 1.01. The Kier molecular flexibility index (Phi) is 3.53. The van der Waals surface area contributed by atoms with Gasteiger partial charge in [-0.15, -0.1) is 0 Å². The van der Waals surface area contributed by atoms with Crippen molar-refractivity contribution in [1.82, 2.24) is 24.2 Å². The number of hydrogen-bond acceptors (Lipinski definition) is 3. The largest absolute Gasteiger partial charge is 0.336 e. The van der Waals surface area contributed by atoms with Crippen LogP contribution in [0.5, 0.6) is 0 Å². The number of amides is 1. The van der Waals surface area contributed by atoms with Crippen LogP contribution in [0.25, 0.3) is 21.9 Å². The van der Waals surface area contributed by atoms with Crippen molar-refractivity contribution in [1.29, 1.82) is 0 Å². The van der Waals surface area contributed by atoms with E-state index in [0.29, 0.717) is 12.1 Å². The summed E-state index contributed by atoms with van der Waals surface area (Å²) in [5.41, 5.74) is 3.75. The van der Waals surface area contributed by atoms with Gasteiger partial charge in [0.05, 0.1) is 28.8 Å². The van der Waals surface area contributed by atoms with Gasteiger partial charge in [0.1, 0.15) is 5.82 Å². The van der Waals surface area contributed by atoms with Crippen LogP contribution in [0.15, 0.2) is 48.7 Å². The van der Waals surface area contributed by atoms with E-state index in [0.717, 1.165) is 40.7 Å². The summed E-state index contributed by atoms with van der Waals surface area (Å²) in [5, 5.41) is 5.70. The average Bonchev–Trinajstić information content (AvgIpc) is 3.39. The number of rotatable bonds is 2. The lowest BCUT2D eigenvalue weighted by atomic mass is 10.1. The molecule has 3 heterocycles. The van der Waals surface area contributed by atoms with E-state index in [4.69, 9.17) is 0 Å². The van der Waals surface area contributed by atoms with E-state index >= 15 is 0 Å². The highest BCUT2D eigenvalue weighted by molar-refractivity contribution is 5.97. The molecule has 1 saturated heterocycles. The van der Waals surface area contributed by atoms with Crippen molar-refractivity contribution in [3.05, 3.63) is 60.0 Å². The molecule has 1 aliphatic rings. The highest BCUT2D eigenvalue weighted by atomic mass is 16.2. The number of nitrogens with zero attached hydrogens (tertiary/aromatic N) is 5. The SMILES string of the molecule is Cc1nc2cc(C(=O)N3CC[C@H](n4ncc5ccccc54)C3)ccc2n1C. The topological polar surface area (TPSA) is 56.0 Å². The zero-order valence-electron chi connectivity index (χ0n) is 15.5. The second-order valence-electron chi connectivity index (χ2n) is 7.26. The minimum atomic E-state index is 0.0687. The molecule has 1 fully saturated rings. The fourth-order valence-corrected chi connectivity index (χ4v) is 4.04. The van der Waals surface area contributed by atoms with Crippen molar-refractivity contribution in [3.8, 4) is 0 Å². The molecule has 27 heavy (non-hydrogen) atoms. The molecule has 6 heteroatoms. The van der Waals surface area contributed by atoms with Gasteiger partial charge in [0.25, 0.3) is 5.91 Å². The number of likely N-dealkylation sites (tertiary alicyclic amines) is 1. The molecule has 0 N–H and O–H groups in total. The van der Waals surface area contributed by atoms with Crippen molar-refractivity contribution in [2.75, 3.05) is 13.1 Å². The van der Waals surface area contributed by atoms with Gasteiger partial charge in [0.2, 0.25) is 0 Å². The first-order valence-electron chi connectivity index (χ1n) is 9.26. The van der Waals surface area contributed by atoms with Crippen molar-refractivity contribution < 1.29 is 4.79 Å². The second kappa shape index (κ2) is 5.94. The Morgan fingerprint density at radius 2 is 2.00 bits per heavy atom. The summed E-state index contributed by atoms with van der Waals surface area (Å²) in [6.45, 7) is 3.40. The smallest absolute Gasteiger partial charge is 0.254 e. The molecule has 1 atom stereocenters. The third kappa shape index (κ3) is 2.51. The molecule has 6 nitrogen and oxygen atoms in total. The summed E-state index contributed by atoms with van der Waals surface area (Å²) in [6.07, 6.45) is 2.82. The van der Waals surface area contributed by atoms with Gasteiger partial charge in [0.15, 0.2) is 0 Å². The molecule has 4 aromatic rings. The average molecular weight is 359 g/mol. The van der Waals surface area contributed by atoms with E-state index in [-0.39, 0.29) is 11.9 Å². The van der Waals surface area contributed by atoms with Crippen LogP contribution < -0.4 is 0 Å². The number of carbonyl (C=O) groups excluding carboxylic acids is 1. The van der Waals surface area contributed by atoms with Crippen LogP contribution in [0.1, 0.15) is 28.6 Å². The third-order valence-corrected chi connectivity index (χ3v) is 5.65. The van der Waals surface area contributed by atoms with Crippen molar-refractivity contribution >= 4 is 27.8 Å². The molecular weight excluding hydrogens is 338 g/mol. The minimum Gasteiger partial charge on any atom is -0.336 e. The Bertz CT molecular complexity index is 1170. The number of para-hydroxylation sites is 1. The van der Waals surface area contributed by atoms with Crippen molar-refractivity contribution in [2.45, 2.75) is 19.4 Å². The molecule has 0 bridgehead atoms. The lowest BCUT2D eigenvalue weighted by Crippen LogP contribution is -2.29. The number of carbonyl (C=O) groups is 1. The van der Waals surface area contributed by atoms with E-state index in [1.165, 1.54) is 0 Å². The van der Waals surface area contributed by atoms with Gasteiger partial charge in [-0.05, 0) is 37.6 Å². The fourth-order valence-electron chi connectivity index (χ4n) is 4.04. The Hall–Kier alpha value is -3.15. The molecule has 0 radical (unpaired) electrons.